The monoisotopic (exact) mass is 568 g/mol. The molecule has 0 bridgehead atoms. The zero-order valence-corrected chi connectivity index (χ0v) is 28.8. The molecule has 41 heavy (non-hydrogen) atoms. The van der Waals surface area contributed by atoms with Gasteiger partial charge in [0.1, 0.15) is 5.42 Å². The van der Waals surface area contributed by atoms with E-state index in [2.05, 4.69) is 152 Å². The first-order chi connectivity index (χ1) is 19.2. The van der Waals surface area contributed by atoms with Crippen molar-refractivity contribution in [2.75, 3.05) is 23.2 Å². The lowest BCUT2D eigenvalue weighted by Gasteiger charge is -2.46. The fraction of sp³-hybridized carbons (Fsp3) is 0.472. The summed E-state index contributed by atoms with van der Waals surface area (Å²) in [6.45, 7) is 30.2. The average molecular weight is 569 g/mol. The van der Waals surface area contributed by atoms with Crippen molar-refractivity contribution in [2.24, 2.45) is 0 Å². The Bertz CT molecular complexity index is 1370. The first-order valence-electron chi connectivity index (χ1n) is 15.3. The third kappa shape index (κ3) is 5.22. The van der Waals surface area contributed by atoms with E-state index in [4.69, 9.17) is 6.58 Å². The van der Waals surface area contributed by atoms with Crippen molar-refractivity contribution in [3.63, 3.8) is 0 Å². The summed E-state index contributed by atoms with van der Waals surface area (Å²) in [5.74, 6) is 1.58. The van der Waals surface area contributed by atoms with E-state index >= 15 is 0 Å². The molecule has 220 valence electrons. The Hall–Kier alpha value is -3.05. The quantitative estimate of drug-likeness (QED) is 0.322. The number of benzene rings is 2. The van der Waals surface area contributed by atoms with Crippen LogP contribution < -0.4 is 9.13 Å². The minimum atomic E-state index is -1.66. The van der Waals surface area contributed by atoms with Crippen molar-refractivity contribution in [3.05, 3.63) is 94.1 Å². The highest BCUT2D eigenvalue weighted by Gasteiger charge is 2.41. The fourth-order valence-corrected chi connectivity index (χ4v) is 9.58. The average Bonchev–Trinajstić information content (AvgIpc) is 3.09. The van der Waals surface area contributed by atoms with E-state index < -0.39 is 8.73 Å². The molecule has 0 amide bonds. The van der Waals surface area contributed by atoms with Gasteiger partial charge >= 0.3 is 8.73 Å². The molecule has 2 aromatic rings. The van der Waals surface area contributed by atoms with Crippen LogP contribution in [0.2, 0.25) is 0 Å². The van der Waals surface area contributed by atoms with Gasteiger partial charge in [-0.25, -0.2) is 0 Å². The molecule has 0 N–H and O–H groups in total. The first-order valence-corrected chi connectivity index (χ1v) is 16.7. The molecule has 5 heteroatoms. The van der Waals surface area contributed by atoms with E-state index in [9.17, 15) is 0 Å². The van der Waals surface area contributed by atoms with Crippen molar-refractivity contribution in [1.29, 1.82) is 0 Å². The standard InChI is InChI=1S/C36H52N4Si/c1-22(2)30-17-15-18-31(23(3)4)34(30)39-26(9)21-27(10)40(41(39)36-37(13)28(11)29(12)38(36)14)35-32(24(5)6)19-16-20-33(35)25(7)8/h15-25H,9H2,1-8,10-14H3. The lowest BCUT2D eigenvalue weighted by Crippen LogP contribution is -2.58. The van der Waals surface area contributed by atoms with E-state index in [1.165, 1.54) is 56.1 Å². The van der Waals surface area contributed by atoms with Gasteiger partial charge in [-0.2, -0.15) is 0 Å². The number of para-hydroxylation sites is 2. The van der Waals surface area contributed by atoms with Gasteiger partial charge in [-0.15, -0.1) is 0 Å². The summed E-state index contributed by atoms with van der Waals surface area (Å²) in [5.41, 5.74) is 14.6. The molecule has 0 saturated heterocycles. The first kappa shape index (κ1) is 30.9. The lowest BCUT2D eigenvalue weighted by molar-refractivity contribution is 0.589. The summed E-state index contributed by atoms with van der Waals surface area (Å²) >= 11 is 0. The molecule has 0 atom stereocenters. The van der Waals surface area contributed by atoms with Crippen LogP contribution in [0.5, 0.6) is 0 Å². The summed E-state index contributed by atoms with van der Waals surface area (Å²) in [4.78, 5) is 4.88. The van der Waals surface area contributed by atoms with Crippen LogP contribution in [0.25, 0.3) is 0 Å². The van der Waals surface area contributed by atoms with Crippen LogP contribution >= 0.6 is 0 Å². The van der Waals surface area contributed by atoms with Gasteiger partial charge in [0.2, 0.25) is 0 Å². The number of rotatable bonds is 6. The zero-order valence-electron chi connectivity index (χ0n) is 27.8. The minimum Gasteiger partial charge on any atom is -0.334 e. The molecule has 0 aromatic heterocycles. The molecule has 0 aliphatic carbocycles. The Kier molecular flexibility index (Phi) is 8.80. The van der Waals surface area contributed by atoms with E-state index in [1.54, 1.807) is 0 Å². The van der Waals surface area contributed by atoms with E-state index in [0.29, 0.717) is 23.7 Å². The molecule has 0 unspecified atom stereocenters. The molecule has 2 aliphatic rings. The van der Waals surface area contributed by atoms with Crippen molar-refractivity contribution < 1.29 is 0 Å². The number of hydrogen-bond donors (Lipinski definition) is 0. The van der Waals surface area contributed by atoms with Gasteiger partial charge in [0.25, 0.3) is 0 Å². The van der Waals surface area contributed by atoms with E-state index in [-0.39, 0.29) is 0 Å². The van der Waals surface area contributed by atoms with Crippen LogP contribution in [0.4, 0.5) is 11.4 Å². The second kappa shape index (κ2) is 11.7. The predicted octanol–water partition coefficient (Wildman–Crippen LogP) is 9.21. The number of hydrogen-bond acceptors (Lipinski definition) is 4. The Morgan fingerprint density at radius 3 is 1.27 bits per heavy atom. The van der Waals surface area contributed by atoms with Gasteiger partial charge in [0.15, 0.2) is 0 Å². The zero-order chi connectivity index (χ0) is 30.5. The SMILES string of the molecule is C=C1C=C(C)N(c2c(C(C)C)cccc2C(C)C)[Si](=C2N(C)C(C)=C(C)N2C)N1c1c(C(C)C)cccc1C(C)C. The Balaban J connectivity index is 2.22. The third-order valence-electron chi connectivity index (χ3n) is 8.94. The van der Waals surface area contributed by atoms with Crippen molar-refractivity contribution in [3.8, 4) is 0 Å². The van der Waals surface area contributed by atoms with Crippen LogP contribution in [0.15, 0.2) is 71.8 Å². The highest BCUT2D eigenvalue weighted by Crippen LogP contribution is 2.44. The molecular weight excluding hydrogens is 517 g/mol. The molecule has 4 nitrogen and oxygen atoms in total. The van der Waals surface area contributed by atoms with Crippen LogP contribution in [-0.4, -0.2) is 38.0 Å². The Morgan fingerprint density at radius 2 is 0.927 bits per heavy atom. The Morgan fingerprint density at radius 1 is 0.585 bits per heavy atom. The maximum absolute atomic E-state index is 4.76. The summed E-state index contributed by atoms with van der Waals surface area (Å²) in [5, 5.41) is 0. The van der Waals surface area contributed by atoms with Gasteiger partial charge < -0.3 is 18.9 Å². The summed E-state index contributed by atoms with van der Waals surface area (Å²) in [7, 11) is 2.83. The molecule has 2 aliphatic heterocycles. The van der Waals surface area contributed by atoms with Gasteiger partial charge in [-0.3, -0.25) is 0 Å². The van der Waals surface area contributed by atoms with Crippen LogP contribution in [0.3, 0.4) is 0 Å². The number of anilines is 2. The summed E-state index contributed by atoms with van der Waals surface area (Å²) < 4.78 is 5.37. The van der Waals surface area contributed by atoms with Gasteiger partial charge in [-0.1, -0.05) is 98.4 Å². The van der Waals surface area contributed by atoms with Crippen LogP contribution in [0.1, 0.15) is 122 Å². The second-order valence-corrected chi connectivity index (χ2v) is 15.1. The normalized spacial score (nSPS) is 16.6. The maximum Gasteiger partial charge on any atom is 0.312 e. The van der Waals surface area contributed by atoms with Gasteiger partial charge in [0.05, 0.1) is 0 Å². The van der Waals surface area contributed by atoms with E-state index in [1.807, 2.05) is 0 Å². The molecule has 0 saturated carbocycles. The highest BCUT2D eigenvalue weighted by molar-refractivity contribution is 6.78. The smallest absolute Gasteiger partial charge is 0.312 e. The van der Waals surface area contributed by atoms with Gasteiger partial charge in [-0.05, 0) is 72.8 Å². The summed E-state index contributed by atoms with van der Waals surface area (Å²) in [6.07, 6.45) is 2.32. The molecule has 4 rings (SSSR count). The third-order valence-corrected chi connectivity index (χ3v) is 11.9. The maximum atomic E-state index is 4.76. The van der Waals surface area contributed by atoms with Crippen molar-refractivity contribution in [2.45, 2.75) is 99.8 Å². The second-order valence-electron chi connectivity index (χ2n) is 13.1. The van der Waals surface area contributed by atoms with Crippen LogP contribution in [-0.2, 0) is 0 Å². The number of nitrogens with zero attached hydrogens (tertiary/aromatic N) is 4. The van der Waals surface area contributed by atoms with Crippen molar-refractivity contribution in [1.82, 2.24) is 9.80 Å². The minimum absolute atomic E-state index is 0.389. The largest absolute Gasteiger partial charge is 0.334 e. The molecule has 0 spiro atoms. The lowest BCUT2D eigenvalue weighted by atomic mass is 9.92. The van der Waals surface area contributed by atoms with Crippen molar-refractivity contribution >= 4 is 25.5 Å². The predicted molar refractivity (Wildman–Crippen MR) is 182 cm³/mol. The molecule has 2 aromatic carbocycles. The molecule has 0 fully saturated rings. The summed E-state index contributed by atoms with van der Waals surface area (Å²) in [6, 6.07) is 13.8. The molecular formula is C36H52N4Si. The number of allylic oxidation sites excluding steroid dienone is 4. The van der Waals surface area contributed by atoms with E-state index in [0.717, 1.165) is 5.70 Å². The Labute approximate surface area is 252 Å². The molecule has 2 heterocycles. The fourth-order valence-electron chi connectivity index (χ4n) is 6.37. The topological polar surface area (TPSA) is 13.0 Å². The molecule has 0 radical (unpaired) electrons. The van der Waals surface area contributed by atoms with Gasteiger partial charge in [0, 0.05) is 48.3 Å². The van der Waals surface area contributed by atoms with Crippen LogP contribution in [0, 0.1) is 0 Å². The highest BCUT2D eigenvalue weighted by atomic mass is 28.3.